The minimum atomic E-state index is -0.981. The molecule has 1 saturated heterocycles. The van der Waals surface area contributed by atoms with Crippen LogP contribution in [-0.4, -0.2) is 38.3 Å². The van der Waals surface area contributed by atoms with Crippen molar-refractivity contribution in [2.45, 2.75) is 45.1 Å². The van der Waals surface area contributed by atoms with Gasteiger partial charge in [0.25, 0.3) is 11.7 Å². The van der Waals surface area contributed by atoms with Gasteiger partial charge in [-0.05, 0) is 60.9 Å². The van der Waals surface area contributed by atoms with E-state index in [1.54, 1.807) is 6.07 Å². The number of fused-ring (bicyclic) bond motifs is 1. The highest BCUT2D eigenvalue weighted by atomic mass is 16.6. The summed E-state index contributed by atoms with van der Waals surface area (Å²) < 4.78 is 0. The molecule has 166 valence electrons. The second-order valence-corrected chi connectivity index (χ2v) is 8.19. The molecule has 1 heterocycles. The topological polar surface area (TPSA) is 121 Å². The molecule has 2 aromatic carbocycles. The maximum absolute atomic E-state index is 13.0. The van der Waals surface area contributed by atoms with Crippen molar-refractivity contribution in [1.29, 1.82) is 0 Å². The molecule has 2 aromatic rings. The Morgan fingerprint density at radius 2 is 1.84 bits per heavy atom. The van der Waals surface area contributed by atoms with Gasteiger partial charge in [0.15, 0.2) is 5.75 Å². The predicted molar refractivity (Wildman–Crippen MR) is 117 cm³/mol. The first-order valence-corrected chi connectivity index (χ1v) is 10.7. The number of nitro groups is 1. The number of amides is 1. The average Bonchev–Trinajstić information content (AvgIpc) is 3.03. The number of phenols is 1. The standard InChI is InChI=1S/C24H24N2O6/c1-2-11-25-21(16-9-10-19(27)18(13-16)26(31)32)20(23(29)24(25)30)22(28)17-8-7-14-5-3-4-6-15(14)12-17/h7-10,12-13,21,27-28H,2-6,11H2,1H3/b22-20+. The van der Waals surface area contributed by atoms with Gasteiger partial charge in [-0.1, -0.05) is 25.1 Å². The SMILES string of the molecule is CCCN1C(=O)C(=O)/C(=C(/O)c2ccc3c(c2)CCCC3)C1c1ccc(O)c([N+](=O)[O-])c1. The smallest absolute Gasteiger partial charge is 0.311 e. The highest BCUT2D eigenvalue weighted by Gasteiger charge is 2.46. The normalized spacial score (nSPS) is 19.8. The van der Waals surface area contributed by atoms with E-state index in [1.807, 2.05) is 19.1 Å². The Hall–Kier alpha value is -3.68. The molecule has 1 amide bonds. The van der Waals surface area contributed by atoms with E-state index in [-0.39, 0.29) is 23.4 Å². The zero-order valence-corrected chi connectivity index (χ0v) is 17.7. The van der Waals surface area contributed by atoms with Gasteiger partial charge in [0.2, 0.25) is 0 Å². The van der Waals surface area contributed by atoms with Gasteiger partial charge in [0.1, 0.15) is 5.76 Å². The van der Waals surface area contributed by atoms with Crippen LogP contribution >= 0.6 is 0 Å². The molecular weight excluding hydrogens is 412 g/mol. The molecule has 1 unspecified atom stereocenters. The van der Waals surface area contributed by atoms with Gasteiger partial charge in [-0.2, -0.15) is 0 Å². The van der Waals surface area contributed by atoms with E-state index in [0.717, 1.165) is 37.3 Å². The molecule has 2 aliphatic rings. The van der Waals surface area contributed by atoms with Gasteiger partial charge in [0.05, 0.1) is 16.5 Å². The Labute approximate surface area is 184 Å². The summed E-state index contributed by atoms with van der Waals surface area (Å²) in [6, 6.07) is 8.29. The van der Waals surface area contributed by atoms with Gasteiger partial charge in [-0.3, -0.25) is 19.7 Å². The first-order valence-electron chi connectivity index (χ1n) is 10.7. The van der Waals surface area contributed by atoms with Crippen LogP contribution in [0.3, 0.4) is 0 Å². The molecular formula is C24H24N2O6. The number of ketones is 1. The van der Waals surface area contributed by atoms with Crippen LogP contribution in [0, 0.1) is 10.1 Å². The third-order valence-electron chi connectivity index (χ3n) is 6.14. The minimum absolute atomic E-state index is 0.0980. The third kappa shape index (κ3) is 3.62. The Bertz CT molecular complexity index is 1150. The number of benzene rings is 2. The highest BCUT2D eigenvalue weighted by molar-refractivity contribution is 6.46. The van der Waals surface area contributed by atoms with Crippen LogP contribution in [0.15, 0.2) is 42.0 Å². The lowest BCUT2D eigenvalue weighted by atomic mass is 9.88. The molecule has 0 bridgehead atoms. The molecule has 4 rings (SSSR count). The van der Waals surface area contributed by atoms with E-state index in [2.05, 4.69) is 0 Å². The number of rotatable bonds is 5. The zero-order chi connectivity index (χ0) is 23.0. The number of likely N-dealkylation sites (tertiary alicyclic amines) is 1. The number of nitrogens with zero attached hydrogens (tertiary/aromatic N) is 2. The minimum Gasteiger partial charge on any atom is -0.507 e. The Morgan fingerprint density at radius 3 is 2.53 bits per heavy atom. The van der Waals surface area contributed by atoms with Crippen molar-refractivity contribution in [2.75, 3.05) is 6.54 Å². The number of phenolic OH excluding ortho intramolecular Hbond substituents is 1. The first kappa shape index (κ1) is 21.5. The zero-order valence-electron chi connectivity index (χ0n) is 17.7. The molecule has 8 heteroatoms. The number of carbonyl (C=O) groups is 2. The fraction of sp³-hybridized carbons (Fsp3) is 0.333. The van der Waals surface area contributed by atoms with Crippen LogP contribution in [0.1, 0.15) is 54.5 Å². The number of carbonyl (C=O) groups excluding carboxylic acids is 2. The monoisotopic (exact) mass is 436 g/mol. The lowest BCUT2D eigenvalue weighted by Crippen LogP contribution is -2.30. The molecule has 0 saturated carbocycles. The maximum atomic E-state index is 13.0. The van der Waals surface area contributed by atoms with Crippen molar-refractivity contribution in [3.8, 4) is 5.75 Å². The van der Waals surface area contributed by atoms with E-state index in [1.165, 1.54) is 22.6 Å². The van der Waals surface area contributed by atoms with Crippen LogP contribution in [0.4, 0.5) is 5.69 Å². The Morgan fingerprint density at radius 1 is 1.12 bits per heavy atom. The number of aromatic hydroxyl groups is 1. The van der Waals surface area contributed by atoms with E-state index in [4.69, 9.17) is 0 Å². The molecule has 8 nitrogen and oxygen atoms in total. The van der Waals surface area contributed by atoms with E-state index in [0.29, 0.717) is 12.0 Å². The molecule has 0 aromatic heterocycles. The number of aryl methyl sites for hydroxylation is 2. The van der Waals surface area contributed by atoms with Crippen molar-refractivity contribution in [3.63, 3.8) is 0 Å². The van der Waals surface area contributed by atoms with E-state index < -0.39 is 34.1 Å². The van der Waals surface area contributed by atoms with Crippen molar-refractivity contribution < 1.29 is 24.7 Å². The molecule has 0 radical (unpaired) electrons. The summed E-state index contributed by atoms with van der Waals surface area (Å²) in [5.41, 5.74) is 2.42. The summed E-state index contributed by atoms with van der Waals surface area (Å²) in [7, 11) is 0. The van der Waals surface area contributed by atoms with Crippen LogP contribution in [0.2, 0.25) is 0 Å². The number of nitro benzene ring substituents is 1. The molecule has 1 aliphatic heterocycles. The molecule has 2 N–H and O–H groups in total. The number of hydrogen-bond donors (Lipinski definition) is 2. The largest absolute Gasteiger partial charge is 0.507 e. The summed E-state index contributed by atoms with van der Waals surface area (Å²) in [5, 5.41) is 32.3. The van der Waals surface area contributed by atoms with Gasteiger partial charge in [-0.25, -0.2) is 0 Å². The van der Waals surface area contributed by atoms with Gasteiger partial charge in [-0.15, -0.1) is 0 Å². The predicted octanol–water partition coefficient (Wildman–Crippen LogP) is 4.01. The average molecular weight is 436 g/mol. The maximum Gasteiger partial charge on any atom is 0.311 e. The fourth-order valence-electron chi connectivity index (χ4n) is 4.59. The van der Waals surface area contributed by atoms with Crippen LogP contribution in [0.25, 0.3) is 5.76 Å². The number of Topliss-reactive ketones (excluding diaryl/α,β-unsaturated/α-hetero) is 1. The van der Waals surface area contributed by atoms with Gasteiger partial charge >= 0.3 is 5.69 Å². The number of aliphatic hydroxyl groups is 1. The quantitative estimate of drug-likeness (QED) is 0.240. The van der Waals surface area contributed by atoms with Gasteiger partial charge < -0.3 is 15.1 Å². The van der Waals surface area contributed by atoms with Crippen molar-refractivity contribution >= 4 is 23.1 Å². The number of hydrogen-bond acceptors (Lipinski definition) is 6. The second kappa shape index (κ2) is 8.45. The van der Waals surface area contributed by atoms with Crippen molar-refractivity contribution in [3.05, 3.63) is 74.3 Å². The van der Waals surface area contributed by atoms with Crippen LogP contribution in [0.5, 0.6) is 5.75 Å². The molecule has 32 heavy (non-hydrogen) atoms. The fourth-order valence-corrected chi connectivity index (χ4v) is 4.59. The van der Waals surface area contributed by atoms with Crippen LogP contribution in [-0.2, 0) is 22.4 Å². The lowest BCUT2D eigenvalue weighted by molar-refractivity contribution is -0.385. The Kier molecular flexibility index (Phi) is 5.69. The van der Waals surface area contributed by atoms with Gasteiger partial charge in [0, 0.05) is 18.2 Å². The lowest BCUT2D eigenvalue weighted by Gasteiger charge is -2.25. The summed E-state index contributed by atoms with van der Waals surface area (Å²) in [5.74, 6) is -2.39. The first-order chi connectivity index (χ1) is 15.3. The van der Waals surface area contributed by atoms with E-state index in [9.17, 15) is 29.9 Å². The molecule has 0 spiro atoms. The number of aliphatic hydroxyl groups excluding tert-OH is 1. The molecule has 1 atom stereocenters. The van der Waals surface area contributed by atoms with Crippen molar-refractivity contribution in [2.24, 2.45) is 0 Å². The molecule has 1 aliphatic carbocycles. The van der Waals surface area contributed by atoms with Crippen LogP contribution < -0.4 is 0 Å². The third-order valence-corrected chi connectivity index (χ3v) is 6.14. The summed E-state index contributed by atoms with van der Waals surface area (Å²) in [4.78, 5) is 37.7. The summed E-state index contributed by atoms with van der Waals surface area (Å²) >= 11 is 0. The highest BCUT2D eigenvalue weighted by Crippen LogP contribution is 2.42. The van der Waals surface area contributed by atoms with Crippen molar-refractivity contribution in [1.82, 2.24) is 4.90 Å². The Balaban J connectivity index is 1.88. The summed E-state index contributed by atoms with van der Waals surface area (Å²) in [6.07, 6.45) is 4.57. The second-order valence-electron chi connectivity index (χ2n) is 8.19. The molecule has 1 fully saturated rings. The summed E-state index contributed by atoms with van der Waals surface area (Å²) in [6.45, 7) is 2.09. The van der Waals surface area contributed by atoms with E-state index >= 15 is 0 Å².